The largest absolute Gasteiger partial charge is 0.480 e. The lowest BCUT2D eigenvalue weighted by Gasteiger charge is -2.26. The van der Waals surface area contributed by atoms with Crippen LogP contribution < -0.4 is 27.4 Å². The predicted octanol–water partition coefficient (Wildman–Crippen LogP) is -1.51. The van der Waals surface area contributed by atoms with Crippen LogP contribution in [0.3, 0.4) is 0 Å². The van der Waals surface area contributed by atoms with Crippen LogP contribution in [0.2, 0.25) is 0 Å². The van der Waals surface area contributed by atoms with E-state index in [4.69, 9.17) is 11.5 Å². The first kappa shape index (κ1) is 29.9. The molecule has 4 unspecified atom stereocenters. The maximum Gasteiger partial charge on any atom is 0.326 e. The van der Waals surface area contributed by atoms with Gasteiger partial charge in [0.05, 0.1) is 12.4 Å². The predicted molar refractivity (Wildman–Crippen MR) is 130 cm³/mol. The van der Waals surface area contributed by atoms with Gasteiger partial charge in [0.25, 0.3) is 0 Å². The Kier molecular flexibility index (Phi) is 12.8. The minimum Gasteiger partial charge on any atom is -0.480 e. The molecule has 1 aromatic rings. The van der Waals surface area contributed by atoms with Crippen molar-refractivity contribution in [2.45, 2.75) is 63.7 Å². The van der Waals surface area contributed by atoms with Gasteiger partial charge in [-0.2, -0.15) is 11.8 Å². The van der Waals surface area contributed by atoms with Crippen LogP contribution in [0.15, 0.2) is 12.5 Å². The fourth-order valence-electron chi connectivity index (χ4n) is 3.08. The molecule has 0 saturated heterocycles. The molecule has 1 heterocycles. The molecule has 0 saturated carbocycles. The minimum absolute atomic E-state index is 0.0172. The second-order valence-electron chi connectivity index (χ2n) is 8.36. The highest BCUT2D eigenvalue weighted by atomic mass is 32.2. The molecule has 0 fully saturated rings. The fraction of sp³-hybridized carbons (Fsp3) is 0.619. The first-order chi connectivity index (χ1) is 16.5. The molecule has 13 nitrogen and oxygen atoms in total. The Balaban J connectivity index is 3.01. The maximum absolute atomic E-state index is 13.1. The Morgan fingerprint density at radius 1 is 1.06 bits per heavy atom. The van der Waals surface area contributed by atoms with E-state index in [9.17, 15) is 29.1 Å². The number of nitrogens with two attached hydrogens (primary N) is 2. The van der Waals surface area contributed by atoms with E-state index in [-0.39, 0.29) is 25.7 Å². The van der Waals surface area contributed by atoms with Crippen LogP contribution >= 0.6 is 11.8 Å². The van der Waals surface area contributed by atoms with Crippen LogP contribution in [0, 0.1) is 5.92 Å². The number of thioether (sulfide) groups is 1. The van der Waals surface area contributed by atoms with E-state index in [1.165, 1.54) is 24.3 Å². The molecule has 14 heteroatoms. The van der Waals surface area contributed by atoms with Crippen molar-refractivity contribution >= 4 is 41.4 Å². The van der Waals surface area contributed by atoms with Crippen LogP contribution in [-0.2, 0) is 30.4 Å². The monoisotopic (exact) mass is 513 g/mol. The van der Waals surface area contributed by atoms with E-state index in [1.54, 1.807) is 13.8 Å². The van der Waals surface area contributed by atoms with Crippen LogP contribution in [0.1, 0.15) is 38.8 Å². The number of hydrogen-bond donors (Lipinski definition) is 7. The average molecular weight is 514 g/mol. The van der Waals surface area contributed by atoms with Crippen molar-refractivity contribution in [2.75, 3.05) is 12.0 Å². The molecule has 35 heavy (non-hydrogen) atoms. The zero-order chi connectivity index (χ0) is 26.5. The lowest BCUT2D eigenvalue weighted by atomic mass is 10.0. The van der Waals surface area contributed by atoms with E-state index < -0.39 is 59.7 Å². The van der Waals surface area contributed by atoms with Crippen LogP contribution in [0.5, 0.6) is 0 Å². The van der Waals surface area contributed by atoms with Gasteiger partial charge in [-0.1, -0.05) is 13.8 Å². The summed E-state index contributed by atoms with van der Waals surface area (Å²) in [5.41, 5.74) is 11.4. The number of imidazole rings is 1. The number of rotatable bonds is 16. The third-order valence-corrected chi connectivity index (χ3v) is 5.77. The number of primary amides is 1. The number of aromatic nitrogens is 2. The zero-order valence-electron chi connectivity index (χ0n) is 20.1. The van der Waals surface area contributed by atoms with Gasteiger partial charge in [0.2, 0.25) is 23.6 Å². The number of H-pyrrole nitrogens is 1. The van der Waals surface area contributed by atoms with Gasteiger partial charge < -0.3 is 37.5 Å². The SMILES string of the molecule is CSCCC(NC(=O)C(N)CCC(N)=O)C(=O)NC(Cc1cnc[nH]1)C(=O)NC(C(=O)O)C(C)C. The van der Waals surface area contributed by atoms with Gasteiger partial charge in [0, 0.05) is 24.7 Å². The first-order valence-corrected chi connectivity index (χ1v) is 12.5. The molecule has 0 aliphatic carbocycles. The van der Waals surface area contributed by atoms with Crippen molar-refractivity contribution in [3.8, 4) is 0 Å². The number of carboxylic acids is 1. The van der Waals surface area contributed by atoms with E-state index in [0.29, 0.717) is 11.4 Å². The maximum atomic E-state index is 13.1. The summed E-state index contributed by atoms with van der Waals surface area (Å²) in [6, 6.07) is -4.34. The highest BCUT2D eigenvalue weighted by Crippen LogP contribution is 2.07. The fourth-order valence-corrected chi connectivity index (χ4v) is 3.55. The molecule has 0 spiro atoms. The normalized spacial score (nSPS) is 14.4. The molecule has 0 radical (unpaired) electrons. The molecular formula is C21H35N7O6S. The number of nitrogens with zero attached hydrogens (tertiary/aromatic N) is 1. The number of nitrogens with one attached hydrogen (secondary N) is 4. The standard InChI is InChI=1S/C21H35N7O6S/c1-11(2)17(21(33)34)28-20(32)15(8-12-9-24-10-25-12)27-19(31)14(6-7-35-3)26-18(30)13(22)4-5-16(23)29/h9-11,13-15,17H,4-8,22H2,1-3H3,(H2,23,29)(H,24,25)(H,26,30)(H,27,31)(H,28,32)(H,33,34). The summed E-state index contributed by atoms with van der Waals surface area (Å²) in [4.78, 5) is 67.8. The highest BCUT2D eigenvalue weighted by Gasteiger charge is 2.31. The average Bonchev–Trinajstić information content (AvgIpc) is 3.30. The summed E-state index contributed by atoms with van der Waals surface area (Å²) < 4.78 is 0. The van der Waals surface area contributed by atoms with Gasteiger partial charge in [-0.15, -0.1) is 0 Å². The molecule has 0 aromatic carbocycles. The molecule has 4 amide bonds. The van der Waals surface area contributed by atoms with Crippen LogP contribution in [-0.4, -0.2) is 80.8 Å². The Hall–Kier alpha value is -3.13. The van der Waals surface area contributed by atoms with Crippen molar-refractivity contribution in [1.82, 2.24) is 25.9 Å². The Morgan fingerprint density at radius 2 is 1.69 bits per heavy atom. The Labute approximate surface area is 207 Å². The topological polar surface area (TPSA) is 222 Å². The molecule has 0 bridgehead atoms. The zero-order valence-corrected chi connectivity index (χ0v) is 20.9. The highest BCUT2D eigenvalue weighted by molar-refractivity contribution is 7.98. The smallest absolute Gasteiger partial charge is 0.326 e. The molecular weight excluding hydrogens is 478 g/mol. The quantitative estimate of drug-likeness (QED) is 0.136. The summed E-state index contributed by atoms with van der Waals surface area (Å²) in [6.45, 7) is 3.30. The van der Waals surface area contributed by atoms with E-state index in [1.807, 2.05) is 6.26 Å². The van der Waals surface area contributed by atoms with Gasteiger partial charge in [-0.25, -0.2) is 9.78 Å². The third kappa shape index (κ3) is 10.8. The first-order valence-electron chi connectivity index (χ1n) is 11.1. The van der Waals surface area contributed by atoms with E-state index >= 15 is 0 Å². The molecule has 0 aliphatic rings. The van der Waals surface area contributed by atoms with E-state index in [2.05, 4.69) is 25.9 Å². The third-order valence-electron chi connectivity index (χ3n) is 5.12. The van der Waals surface area contributed by atoms with Crippen molar-refractivity contribution in [2.24, 2.45) is 17.4 Å². The van der Waals surface area contributed by atoms with Gasteiger partial charge in [-0.3, -0.25) is 19.2 Å². The number of carbonyl (C=O) groups excluding carboxylic acids is 4. The number of aliphatic carboxylic acids is 1. The second-order valence-corrected chi connectivity index (χ2v) is 9.35. The lowest BCUT2D eigenvalue weighted by Crippen LogP contribution is -2.58. The summed E-state index contributed by atoms with van der Waals surface area (Å²) in [5.74, 6) is -3.62. The van der Waals surface area contributed by atoms with Gasteiger partial charge in [0.15, 0.2) is 0 Å². The summed E-state index contributed by atoms with van der Waals surface area (Å²) in [5, 5.41) is 17.1. The molecule has 9 N–H and O–H groups in total. The summed E-state index contributed by atoms with van der Waals surface area (Å²) in [7, 11) is 0. The lowest BCUT2D eigenvalue weighted by molar-refractivity contribution is -0.143. The number of carbonyl (C=O) groups is 5. The van der Waals surface area contributed by atoms with Crippen LogP contribution in [0.25, 0.3) is 0 Å². The minimum atomic E-state index is -1.20. The Morgan fingerprint density at radius 3 is 2.20 bits per heavy atom. The molecule has 4 atom stereocenters. The van der Waals surface area contributed by atoms with Crippen molar-refractivity contribution in [3.05, 3.63) is 18.2 Å². The Bertz CT molecular complexity index is 864. The van der Waals surface area contributed by atoms with Crippen molar-refractivity contribution in [1.29, 1.82) is 0 Å². The van der Waals surface area contributed by atoms with Crippen molar-refractivity contribution < 1.29 is 29.1 Å². The number of carboxylic acid groups (broad SMARTS) is 1. The van der Waals surface area contributed by atoms with Gasteiger partial charge in [-0.05, 0) is 30.8 Å². The van der Waals surface area contributed by atoms with Crippen LogP contribution in [0.4, 0.5) is 0 Å². The van der Waals surface area contributed by atoms with E-state index in [0.717, 1.165) is 0 Å². The van der Waals surface area contributed by atoms with Gasteiger partial charge >= 0.3 is 5.97 Å². The number of amides is 4. The summed E-state index contributed by atoms with van der Waals surface area (Å²) in [6.07, 6.45) is 4.94. The number of hydrogen-bond acceptors (Lipinski definition) is 8. The van der Waals surface area contributed by atoms with Gasteiger partial charge in [0.1, 0.15) is 18.1 Å². The molecule has 196 valence electrons. The second kappa shape index (κ2) is 15.0. The molecule has 1 rings (SSSR count). The molecule has 1 aromatic heterocycles. The number of aromatic amines is 1. The van der Waals surface area contributed by atoms with Crippen molar-refractivity contribution in [3.63, 3.8) is 0 Å². The summed E-state index contributed by atoms with van der Waals surface area (Å²) >= 11 is 1.46. The molecule has 0 aliphatic heterocycles.